The highest BCUT2D eigenvalue weighted by Crippen LogP contribution is 2.20. The number of hydrogen-bond acceptors (Lipinski definition) is 4. The van der Waals surface area contributed by atoms with E-state index in [1.165, 1.54) is 25.7 Å². The monoisotopic (exact) mass is 296 g/mol. The molecular weight excluding hydrogens is 276 g/mol. The zero-order valence-corrected chi connectivity index (χ0v) is 12.7. The van der Waals surface area contributed by atoms with Gasteiger partial charge in [0, 0.05) is 31.2 Å². The lowest BCUT2D eigenvalue weighted by atomic mass is 10.2. The first kappa shape index (κ1) is 14.5. The maximum atomic E-state index is 12.4. The maximum absolute atomic E-state index is 12.4. The number of hydrogen-bond donors (Lipinski definition) is 1. The van der Waals surface area contributed by atoms with Gasteiger partial charge < -0.3 is 10.2 Å². The Balaban J connectivity index is 1.68. The minimum atomic E-state index is -0.112. The molecule has 1 N–H and O–H groups in total. The third-order valence-electron chi connectivity index (χ3n) is 4.04. The summed E-state index contributed by atoms with van der Waals surface area (Å²) in [5.41, 5.74) is 1.34. The predicted octanol–water partition coefficient (Wildman–Crippen LogP) is 3.11. The quantitative estimate of drug-likeness (QED) is 0.942. The number of aromatic nitrogens is 2. The molecule has 1 aliphatic rings. The fourth-order valence-electron chi connectivity index (χ4n) is 2.73. The number of amides is 1. The fraction of sp³-hybridized carbons (Fsp3) is 0.353. The molecule has 0 saturated heterocycles. The Hall–Kier alpha value is -2.43. The molecule has 22 heavy (non-hydrogen) atoms. The molecule has 1 saturated carbocycles. The van der Waals surface area contributed by atoms with Crippen LogP contribution in [0.25, 0.3) is 0 Å². The molecule has 0 unspecified atom stereocenters. The van der Waals surface area contributed by atoms with Gasteiger partial charge in [0.1, 0.15) is 0 Å². The predicted molar refractivity (Wildman–Crippen MR) is 87.1 cm³/mol. The molecule has 1 aromatic heterocycles. The van der Waals surface area contributed by atoms with Crippen molar-refractivity contribution in [3.8, 4) is 0 Å². The largest absolute Gasteiger partial charge is 0.351 e. The minimum Gasteiger partial charge on any atom is -0.351 e. The first-order valence-corrected chi connectivity index (χ1v) is 7.66. The summed E-state index contributed by atoms with van der Waals surface area (Å²) in [6, 6.07) is 10.0. The van der Waals surface area contributed by atoms with E-state index in [0.717, 1.165) is 5.69 Å². The molecule has 1 aliphatic carbocycles. The lowest BCUT2D eigenvalue weighted by Gasteiger charge is -2.17. The molecule has 5 heteroatoms. The topological polar surface area (TPSA) is 58.1 Å². The molecule has 1 fully saturated rings. The van der Waals surface area contributed by atoms with E-state index < -0.39 is 0 Å². The Kier molecular flexibility index (Phi) is 4.32. The first-order chi connectivity index (χ1) is 10.7. The third-order valence-corrected chi connectivity index (χ3v) is 4.04. The highest BCUT2D eigenvalue weighted by Gasteiger charge is 2.17. The normalized spacial score (nSPS) is 14.8. The standard InChI is InChI=1S/C17H20N4O/c1-21(15-9-3-2-4-10-15)16(22)13-11-18-17(19-12-13)20-14-7-5-6-8-14/h2-4,9-12,14H,5-8H2,1H3,(H,18,19,20). The number of anilines is 2. The molecule has 3 rings (SSSR count). The lowest BCUT2D eigenvalue weighted by Crippen LogP contribution is -2.26. The summed E-state index contributed by atoms with van der Waals surface area (Å²) in [6.07, 6.45) is 8.03. The van der Waals surface area contributed by atoms with Gasteiger partial charge in [-0.25, -0.2) is 9.97 Å². The summed E-state index contributed by atoms with van der Waals surface area (Å²) in [5.74, 6) is 0.490. The first-order valence-electron chi connectivity index (χ1n) is 7.66. The lowest BCUT2D eigenvalue weighted by molar-refractivity contribution is 0.0992. The molecule has 0 aliphatic heterocycles. The van der Waals surface area contributed by atoms with Gasteiger partial charge in [0.2, 0.25) is 5.95 Å². The van der Waals surface area contributed by atoms with Crippen molar-refractivity contribution in [2.45, 2.75) is 31.7 Å². The minimum absolute atomic E-state index is 0.112. The van der Waals surface area contributed by atoms with Crippen LogP contribution in [0.5, 0.6) is 0 Å². The summed E-state index contributed by atoms with van der Waals surface area (Å²) in [5, 5.41) is 3.32. The van der Waals surface area contributed by atoms with Crippen molar-refractivity contribution >= 4 is 17.5 Å². The molecular formula is C17H20N4O. The van der Waals surface area contributed by atoms with Gasteiger partial charge in [0.05, 0.1) is 5.56 Å². The van der Waals surface area contributed by atoms with E-state index in [9.17, 15) is 4.79 Å². The number of para-hydroxylation sites is 1. The molecule has 0 radical (unpaired) electrons. The summed E-state index contributed by atoms with van der Waals surface area (Å²) in [6.45, 7) is 0. The van der Waals surface area contributed by atoms with Gasteiger partial charge in [-0.3, -0.25) is 4.79 Å². The molecule has 1 amide bonds. The Morgan fingerprint density at radius 1 is 1.14 bits per heavy atom. The van der Waals surface area contributed by atoms with Crippen molar-refractivity contribution in [1.29, 1.82) is 0 Å². The third kappa shape index (κ3) is 3.24. The van der Waals surface area contributed by atoms with Crippen molar-refractivity contribution < 1.29 is 4.79 Å². The van der Waals surface area contributed by atoms with Crippen LogP contribution in [0.3, 0.4) is 0 Å². The van der Waals surface area contributed by atoms with E-state index in [1.807, 2.05) is 30.3 Å². The second-order valence-corrected chi connectivity index (χ2v) is 5.62. The van der Waals surface area contributed by atoms with Gasteiger partial charge in [0.15, 0.2) is 0 Å². The van der Waals surface area contributed by atoms with Crippen molar-refractivity contribution in [2.75, 3.05) is 17.3 Å². The van der Waals surface area contributed by atoms with Crippen LogP contribution in [0.15, 0.2) is 42.7 Å². The van der Waals surface area contributed by atoms with E-state index in [-0.39, 0.29) is 5.91 Å². The number of nitrogens with zero attached hydrogens (tertiary/aromatic N) is 3. The van der Waals surface area contributed by atoms with Crippen LogP contribution < -0.4 is 10.2 Å². The van der Waals surface area contributed by atoms with Crippen LogP contribution in [-0.2, 0) is 0 Å². The summed E-state index contributed by atoms with van der Waals surface area (Å²) in [7, 11) is 1.75. The van der Waals surface area contributed by atoms with Gasteiger partial charge in [0.25, 0.3) is 5.91 Å². The zero-order chi connectivity index (χ0) is 15.4. The average molecular weight is 296 g/mol. The molecule has 1 aromatic carbocycles. The molecule has 114 valence electrons. The zero-order valence-electron chi connectivity index (χ0n) is 12.7. The van der Waals surface area contributed by atoms with Gasteiger partial charge in [-0.1, -0.05) is 31.0 Å². The van der Waals surface area contributed by atoms with Crippen molar-refractivity contribution in [3.63, 3.8) is 0 Å². The van der Waals surface area contributed by atoms with E-state index in [4.69, 9.17) is 0 Å². The van der Waals surface area contributed by atoms with Gasteiger partial charge in [-0.05, 0) is 25.0 Å². The number of benzene rings is 1. The van der Waals surface area contributed by atoms with Crippen LogP contribution in [0, 0.1) is 0 Å². The Labute approximate surface area is 130 Å². The van der Waals surface area contributed by atoms with Crippen molar-refractivity contribution in [1.82, 2.24) is 9.97 Å². The second-order valence-electron chi connectivity index (χ2n) is 5.62. The number of carbonyl (C=O) groups is 1. The SMILES string of the molecule is CN(C(=O)c1cnc(NC2CCCC2)nc1)c1ccccc1. The molecule has 1 heterocycles. The van der Waals surface area contributed by atoms with Crippen LogP contribution in [0.1, 0.15) is 36.0 Å². The van der Waals surface area contributed by atoms with Crippen molar-refractivity contribution in [2.24, 2.45) is 0 Å². The maximum Gasteiger partial charge on any atom is 0.261 e. The Morgan fingerprint density at radius 3 is 2.41 bits per heavy atom. The van der Waals surface area contributed by atoms with E-state index in [1.54, 1.807) is 24.3 Å². The van der Waals surface area contributed by atoms with E-state index in [2.05, 4.69) is 15.3 Å². The highest BCUT2D eigenvalue weighted by atomic mass is 16.2. The van der Waals surface area contributed by atoms with Crippen LogP contribution in [0.2, 0.25) is 0 Å². The fourth-order valence-corrected chi connectivity index (χ4v) is 2.73. The molecule has 0 bridgehead atoms. The molecule has 0 atom stereocenters. The number of carbonyl (C=O) groups excluding carboxylic acids is 1. The highest BCUT2D eigenvalue weighted by molar-refractivity contribution is 6.05. The Morgan fingerprint density at radius 2 is 1.77 bits per heavy atom. The Bertz CT molecular complexity index is 621. The average Bonchev–Trinajstić information content (AvgIpc) is 3.08. The molecule has 0 spiro atoms. The van der Waals surface area contributed by atoms with Gasteiger partial charge in [-0.15, -0.1) is 0 Å². The number of nitrogens with one attached hydrogen (secondary N) is 1. The van der Waals surface area contributed by atoms with E-state index >= 15 is 0 Å². The van der Waals surface area contributed by atoms with Crippen LogP contribution in [-0.4, -0.2) is 29.0 Å². The van der Waals surface area contributed by atoms with Crippen LogP contribution in [0.4, 0.5) is 11.6 Å². The summed E-state index contributed by atoms with van der Waals surface area (Å²) in [4.78, 5) is 22.6. The molecule has 5 nitrogen and oxygen atoms in total. The number of rotatable bonds is 4. The van der Waals surface area contributed by atoms with Crippen molar-refractivity contribution in [3.05, 3.63) is 48.3 Å². The molecule has 2 aromatic rings. The van der Waals surface area contributed by atoms with Crippen LogP contribution >= 0.6 is 0 Å². The van der Waals surface area contributed by atoms with E-state index in [0.29, 0.717) is 17.6 Å². The second kappa shape index (κ2) is 6.56. The van der Waals surface area contributed by atoms with Gasteiger partial charge >= 0.3 is 0 Å². The summed E-state index contributed by atoms with van der Waals surface area (Å²) >= 11 is 0. The smallest absolute Gasteiger partial charge is 0.261 e. The summed E-state index contributed by atoms with van der Waals surface area (Å²) < 4.78 is 0. The van der Waals surface area contributed by atoms with Gasteiger partial charge in [-0.2, -0.15) is 0 Å².